The van der Waals surface area contributed by atoms with Crippen LogP contribution in [0.5, 0.6) is 0 Å². The average molecular weight is 258 g/mol. The maximum absolute atomic E-state index is 14.7. The third-order valence-corrected chi connectivity index (χ3v) is 5.84. The zero-order valence-electron chi connectivity index (χ0n) is 12.3. The molecule has 5 atom stereocenters. The molecular weight excluding hydrogens is 230 g/mol. The molecule has 18 heavy (non-hydrogen) atoms. The van der Waals surface area contributed by atoms with Crippen molar-refractivity contribution in [2.75, 3.05) is 0 Å². The first-order valence-corrected chi connectivity index (χ1v) is 7.62. The van der Waals surface area contributed by atoms with Crippen LogP contribution in [0.1, 0.15) is 59.8 Å². The molecule has 2 aliphatic rings. The highest BCUT2D eigenvalue weighted by molar-refractivity contribution is 4.98. The Morgan fingerprint density at radius 2 is 1.67 bits per heavy atom. The van der Waals surface area contributed by atoms with Gasteiger partial charge < -0.3 is 0 Å². The molecule has 0 radical (unpaired) electrons. The molecule has 2 fully saturated rings. The number of rotatable bonds is 3. The van der Waals surface area contributed by atoms with Crippen LogP contribution in [0.4, 0.5) is 8.78 Å². The maximum Gasteiger partial charge on any atom is 0.106 e. The Morgan fingerprint density at radius 3 is 2.11 bits per heavy atom. The van der Waals surface area contributed by atoms with Gasteiger partial charge in [-0.25, -0.2) is 8.78 Å². The van der Waals surface area contributed by atoms with Crippen molar-refractivity contribution in [3.8, 4) is 0 Å². The van der Waals surface area contributed by atoms with Crippen LogP contribution >= 0.6 is 0 Å². The molecule has 0 saturated heterocycles. The fourth-order valence-corrected chi connectivity index (χ4v) is 4.38. The van der Waals surface area contributed by atoms with E-state index in [1.54, 1.807) is 0 Å². The van der Waals surface area contributed by atoms with Crippen LogP contribution in [-0.2, 0) is 0 Å². The zero-order chi connectivity index (χ0) is 13.5. The summed E-state index contributed by atoms with van der Waals surface area (Å²) in [5, 5.41) is 0. The number of hydrogen-bond donors (Lipinski definition) is 0. The third kappa shape index (κ3) is 2.44. The molecule has 0 heterocycles. The van der Waals surface area contributed by atoms with E-state index in [2.05, 4.69) is 27.7 Å². The van der Waals surface area contributed by atoms with Crippen LogP contribution in [0.3, 0.4) is 0 Å². The summed E-state index contributed by atoms with van der Waals surface area (Å²) in [6.45, 7) is 8.60. The highest BCUT2D eigenvalue weighted by Gasteiger charge is 2.49. The maximum atomic E-state index is 14.7. The van der Waals surface area contributed by atoms with Crippen molar-refractivity contribution < 1.29 is 8.78 Å². The van der Waals surface area contributed by atoms with E-state index >= 15 is 0 Å². The second-order valence-electron chi connectivity index (χ2n) is 7.46. The molecule has 2 saturated carbocycles. The molecule has 2 aliphatic carbocycles. The minimum absolute atomic E-state index is 0.0378. The third-order valence-electron chi connectivity index (χ3n) is 5.84. The van der Waals surface area contributed by atoms with E-state index in [1.165, 1.54) is 0 Å². The summed E-state index contributed by atoms with van der Waals surface area (Å²) >= 11 is 0. The Labute approximate surface area is 111 Å². The van der Waals surface area contributed by atoms with Crippen molar-refractivity contribution >= 4 is 0 Å². The standard InChI is InChI=1S/C16H28F2/c1-10(2)13-7-8-14(15(13)18)16(3,4)11-5-6-12(17)9-11/h10-15H,5-9H2,1-4H3. The van der Waals surface area contributed by atoms with E-state index < -0.39 is 12.3 Å². The first kappa shape index (κ1) is 14.3. The van der Waals surface area contributed by atoms with Gasteiger partial charge in [-0.2, -0.15) is 0 Å². The van der Waals surface area contributed by atoms with Gasteiger partial charge in [-0.05, 0) is 61.2 Å². The van der Waals surface area contributed by atoms with E-state index in [4.69, 9.17) is 0 Å². The average Bonchev–Trinajstić information content (AvgIpc) is 2.84. The molecular formula is C16H28F2. The fourth-order valence-electron chi connectivity index (χ4n) is 4.38. The second kappa shape index (κ2) is 5.09. The Bertz CT molecular complexity index is 285. The Hall–Kier alpha value is -0.140. The van der Waals surface area contributed by atoms with Crippen LogP contribution in [0.15, 0.2) is 0 Å². The normalized spacial score (nSPS) is 41.8. The minimum atomic E-state index is -0.682. The molecule has 0 aromatic rings. The van der Waals surface area contributed by atoms with E-state index in [9.17, 15) is 8.78 Å². The Balaban J connectivity index is 2.06. The molecule has 0 aromatic heterocycles. The van der Waals surface area contributed by atoms with Gasteiger partial charge in [0.15, 0.2) is 0 Å². The summed E-state index contributed by atoms with van der Waals surface area (Å²) in [5.74, 6) is 1.16. The lowest BCUT2D eigenvalue weighted by atomic mass is 9.67. The molecule has 0 amide bonds. The summed E-state index contributed by atoms with van der Waals surface area (Å²) in [5.41, 5.74) is -0.0378. The SMILES string of the molecule is CC(C)C1CCC(C(C)(C)C2CCC(F)C2)C1F. The van der Waals surface area contributed by atoms with Crippen molar-refractivity contribution in [2.45, 2.75) is 72.1 Å². The molecule has 106 valence electrons. The Kier molecular flexibility index (Phi) is 4.04. The van der Waals surface area contributed by atoms with Crippen LogP contribution in [-0.4, -0.2) is 12.3 Å². The van der Waals surface area contributed by atoms with Crippen LogP contribution < -0.4 is 0 Å². The van der Waals surface area contributed by atoms with E-state index in [0.29, 0.717) is 24.7 Å². The van der Waals surface area contributed by atoms with E-state index in [-0.39, 0.29) is 17.3 Å². The van der Waals surface area contributed by atoms with Crippen molar-refractivity contribution in [3.63, 3.8) is 0 Å². The second-order valence-corrected chi connectivity index (χ2v) is 7.46. The molecule has 0 N–H and O–H groups in total. The summed E-state index contributed by atoms with van der Waals surface area (Å²) in [6.07, 6.45) is 2.97. The van der Waals surface area contributed by atoms with Crippen LogP contribution in [0.25, 0.3) is 0 Å². The van der Waals surface area contributed by atoms with Crippen molar-refractivity contribution in [1.82, 2.24) is 0 Å². The van der Waals surface area contributed by atoms with E-state index in [0.717, 1.165) is 19.3 Å². The molecule has 0 aliphatic heterocycles. The minimum Gasteiger partial charge on any atom is -0.247 e. The molecule has 2 rings (SSSR count). The van der Waals surface area contributed by atoms with Crippen molar-refractivity contribution in [3.05, 3.63) is 0 Å². The predicted molar refractivity (Wildman–Crippen MR) is 72.0 cm³/mol. The fraction of sp³-hybridized carbons (Fsp3) is 1.00. The topological polar surface area (TPSA) is 0 Å². The van der Waals surface area contributed by atoms with E-state index in [1.807, 2.05) is 0 Å². The molecule has 5 unspecified atom stereocenters. The van der Waals surface area contributed by atoms with Gasteiger partial charge in [-0.1, -0.05) is 27.7 Å². The van der Waals surface area contributed by atoms with Gasteiger partial charge in [0.25, 0.3) is 0 Å². The molecule has 0 nitrogen and oxygen atoms in total. The molecule has 0 aromatic carbocycles. The smallest absolute Gasteiger partial charge is 0.106 e. The molecule has 0 bridgehead atoms. The number of halogens is 2. The van der Waals surface area contributed by atoms with Gasteiger partial charge in [-0.15, -0.1) is 0 Å². The van der Waals surface area contributed by atoms with Gasteiger partial charge >= 0.3 is 0 Å². The van der Waals surface area contributed by atoms with Gasteiger partial charge in [0.05, 0.1) is 0 Å². The zero-order valence-corrected chi connectivity index (χ0v) is 12.3. The van der Waals surface area contributed by atoms with Gasteiger partial charge in [-0.3, -0.25) is 0 Å². The lowest BCUT2D eigenvalue weighted by molar-refractivity contribution is 0.0446. The van der Waals surface area contributed by atoms with Gasteiger partial charge in [0, 0.05) is 0 Å². The van der Waals surface area contributed by atoms with Gasteiger partial charge in [0.2, 0.25) is 0 Å². The molecule has 0 spiro atoms. The van der Waals surface area contributed by atoms with Crippen LogP contribution in [0, 0.1) is 29.1 Å². The largest absolute Gasteiger partial charge is 0.247 e. The van der Waals surface area contributed by atoms with Crippen molar-refractivity contribution in [1.29, 1.82) is 0 Å². The summed E-state index contributed by atoms with van der Waals surface area (Å²) in [7, 11) is 0. The summed E-state index contributed by atoms with van der Waals surface area (Å²) < 4.78 is 28.1. The first-order chi connectivity index (χ1) is 8.34. The van der Waals surface area contributed by atoms with Crippen LogP contribution in [0.2, 0.25) is 0 Å². The predicted octanol–water partition coefficient (Wildman–Crippen LogP) is 5.17. The highest BCUT2D eigenvalue weighted by Crippen LogP contribution is 2.53. The lowest BCUT2D eigenvalue weighted by Gasteiger charge is -2.39. The lowest BCUT2D eigenvalue weighted by Crippen LogP contribution is -2.36. The van der Waals surface area contributed by atoms with Gasteiger partial charge in [0.1, 0.15) is 12.3 Å². The number of hydrogen-bond acceptors (Lipinski definition) is 0. The number of alkyl halides is 2. The summed E-state index contributed by atoms with van der Waals surface area (Å²) in [6, 6.07) is 0. The molecule has 2 heteroatoms. The first-order valence-electron chi connectivity index (χ1n) is 7.62. The monoisotopic (exact) mass is 258 g/mol. The summed E-state index contributed by atoms with van der Waals surface area (Å²) in [4.78, 5) is 0. The van der Waals surface area contributed by atoms with Crippen molar-refractivity contribution in [2.24, 2.45) is 29.1 Å². The Morgan fingerprint density at radius 1 is 1.00 bits per heavy atom. The quantitative estimate of drug-likeness (QED) is 0.655. The highest BCUT2D eigenvalue weighted by atomic mass is 19.1.